The van der Waals surface area contributed by atoms with Crippen LogP contribution in [0.2, 0.25) is 0 Å². The Morgan fingerprint density at radius 3 is 3.00 bits per heavy atom. The van der Waals surface area contributed by atoms with Gasteiger partial charge in [-0.25, -0.2) is 0 Å². The number of nitrogens with zero attached hydrogens (tertiary/aromatic N) is 2. The number of ether oxygens (including phenoxy) is 1. The standard InChI is InChI=1S/C13H15N3O/c1-17-10-11-3-2-4-12(7-11)16-9-13-8-14-5-6-15-13/h2-8,16H,9-10H2,1H3. The van der Waals surface area contributed by atoms with Gasteiger partial charge in [-0.05, 0) is 17.7 Å². The molecular formula is C13H15N3O. The van der Waals surface area contributed by atoms with E-state index in [1.807, 2.05) is 18.2 Å². The first-order chi connectivity index (χ1) is 8.38. The monoisotopic (exact) mass is 229 g/mol. The van der Waals surface area contributed by atoms with Crippen molar-refractivity contribution in [1.82, 2.24) is 9.97 Å². The van der Waals surface area contributed by atoms with Crippen LogP contribution in [-0.2, 0) is 17.9 Å². The maximum Gasteiger partial charge on any atom is 0.0777 e. The summed E-state index contributed by atoms with van der Waals surface area (Å²) >= 11 is 0. The lowest BCUT2D eigenvalue weighted by atomic mass is 10.2. The molecule has 0 radical (unpaired) electrons. The van der Waals surface area contributed by atoms with Crippen LogP contribution in [0.1, 0.15) is 11.3 Å². The number of anilines is 1. The Labute approximate surface area is 101 Å². The molecule has 1 N–H and O–H groups in total. The molecular weight excluding hydrogens is 214 g/mol. The van der Waals surface area contributed by atoms with Crippen LogP contribution in [-0.4, -0.2) is 17.1 Å². The van der Waals surface area contributed by atoms with E-state index < -0.39 is 0 Å². The lowest BCUT2D eigenvalue weighted by molar-refractivity contribution is 0.185. The number of nitrogens with one attached hydrogen (secondary N) is 1. The van der Waals surface area contributed by atoms with Gasteiger partial charge >= 0.3 is 0 Å². The van der Waals surface area contributed by atoms with Crippen molar-refractivity contribution in [1.29, 1.82) is 0 Å². The van der Waals surface area contributed by atoms with Gasteiger partial charge in [-0.2, -0.15) is 0 Å². The number of rotatable bonds is 5. The minimum absolute atomic E-state index is 0.626. The van der Waals surface area contributed by atoms with E-state index in [1.54, 1.807) is 25.7 Å². The van der Waals surface area contributed by atoms with Gasteiger partial charge in [0.15, 0.2) is 0 Å². The molecule has 0 fully saturated rings. The number of benzene rings is 1. The summed E-state index contributed by atoms with van der Waals surface area (Å²) in [6.07, 6.45) is 5.12. The molecule has 4 nitrogen and oxygen atoms in total. The Bertz CT molecular complexity index is 459. The van der Waals surface area contributed by atoms with Gasteiger partial charge in [0.05, 0.1) is 25.0 Å². The Hall–Kier alpha value is -1.94. The Balaban J connectivity index is 1.97. The molecule has 4 heteroatoms. The van der Waals surface area contributed by atoms with Crippen molar-refractivity contribution in [2.24, 2.45) is 0 Å². The molecule has 0 aliphatic carbocycles. The number of methoxy groups -OCH3 is 1. The smallest absolute Gasteiger partial charge is 0.0777 e. The topological polar surface area (TPSA) is 47.0 Å². The van der Waals surface area contributed by atoms with E-state index in [1.165, 1.54) is 0 Å². The van der Waals surface area contributed by atoms with E-state index in [0.29, 0.717) is 13.2 Å². The zero-order valence-corrected chi connectivity index (χ0v) is 9.76. The molecule has 0 unspecified atom stereocenters. The molecule has 0 aliphatic rings. The predicted molar refractivity (Wildman–Crippen MR) is 66.5 cm³/mol. The van der Waals surface area contributed by atoms with E-state index >= 15 is 0 Å². The molecule has 1 heterocycles. The van der Waals surface area contributed by atoms with E-state index in [-0.39, 0.29) is 0 Å². The van der Waals surface area contributed by atoms with Crippen LogP contribution in [0, 0.1) is 0 Å². The molecule has 1 aromatic heterocycles. The van der Waals surface area contributed by atoms with Gasteiger partial charge in [0.2, 0.25) is 0 Å². The fourth-order valence-electron chi connectivity index (χ4n) is 1.55. The van der Waals surface area contributed by atoms with E-state index in [4.69, 9.17) is 4.74 Å². The molecule has 0 atom stereocenters. The Kier molecular flexibility index (Phi) is 4.05. The van der Waals surface area contributed by atoms with Crippen molar-refractivity contribution >= 4 is 5.69 Å². The van der Waals surface area contributed by atoms with Crippen molar-refractivity contribution in [3.63, 3.8) is 0 Å². The van der Waals surface area contributed by atoms with Gasteiger partial charge in [0, 0.05) is 25.2 Å². The normalized spacial score (nSPS) is 10.2. The van der Waals surface area contributed by atoms with Crippen LogP contribution in [0.15, 0.2) is 42.9 Å². The summed E-state index contributed by atoms with van der Waals surface area (Å²) in [6, 6.07) is 8.14. The van der Waals surface area contributed by atoms with Crippen molar-refractivity contribution in [2.45, 2.75) is 13.2 Å². The van der Waals surface area contributed by atoms with Crippen LogP contribution < -0.4 is 5.32 Å². The third-order valence-electron chi connectivity index (χ3n) is 2.33. The second-order valence-electron chi connectivity index (χ2n) is 3.68. The first-order valence-corrected chi connectivity index (χ1v) is 5.45. The molecule has 17 heavy (non-hydrogen) atoms. The molecule has 0 amide bonds. The molecule has 1 aromatic carbocycles. The lowest BCUT2D eigenvalue weighted by Crippen LogP contribution is -2.02. The van der Waals surface area contributed by atoms with Crippen molar-refractivity contribution in [3.8, 4) is 0 Å². The summed E-state index contributed by atoms with van der Waals surface area (Å²) in [7, 11) is 1.69. The van der Waals surface area contributed by atoms with Gasteiger partial charge in [-0.15, -0.1) is 0 Å². The van der Waals surface area contributed by atoms with Gasteiger partial charge in [0.1, 0.15) is 0 Å². The second kappa shape index (κ2) is 5.96. The fraction of sp³-hybridized carbons (Fsp3) is 0.231. The minimum atomic E-state index is 0.626. The zero-order valence-electron chi connectivity index (χ0n) is 9.76. The third kappa shape index (κ3) is 3.53. The first-order valence-electron chi connectivity index (χ1n) is 5.45. The second-order valence-corrected chi connectivity index (χ2v) is 3.68. The number of aromatic nitrogens is 2. The third-order valence-corrected chi connectivity index (χ3v) is 2.33. The van der Waals surface area contributed by atoms with Gasteiger partial charge in [-0.3, -0.25) is 9.97 Å². The molecule has 88 valence electrons. The minimum Gasteiger partial charge on any atom is -0.380 e. The van der Waals surface area contributed by atoms with Gasteiger partial charge < -0.3 is 10.1 Å². The summed E-state index contributed by atoms with van der Waals surface area (Å²) < 4.78 is 5.10. The first kappa shape index (κ1) is 11.5. The fourth-order valence-corrected chi connectivity index (χ4v) is 1.55. The highest BCUT2D eigenvalue weighted by molar-refractivity contribution is 5.45. The van der Waals surface area contributed by atoms with Crippen LogP contribution >= 0.6 is 0 Å². The van der Waals surface area contributed by atoms with Crippen molar-refractivity contribution in [2.75, 3.05) is 12.4 Å². The maximum absolute atomic E-state index is 5.10. The number of hydrogen-bond donors (Lipinski definition) is 1. The highest BCUT2D eigenvalue weighted by Crippen LogP contribution is 2.12. The summed E-state index contributed by atoms with van der Waals surface area (Å²) in [6.45, 7) is 1.30. The van der Waals surface area contributed by atoms with Gasteiger partial charge in [0.25, 0.3) is 0 Å². The molecule has 2 rings (SSSR count). The van der Waals surface area contributed by atoms with Crippen molar-refractivity contribution in [3.05, 3.63) is 54.1 Å². The summed E-state index contributed by atoms with van der Waals surface area (Å²) in [4.78, 5) is 8.22. The summed E-state index contributed by atoms with van der Waals surface area (Å²) in [5.41, 5.74) is 3.13. The highest BCUT2D eigenvalue weighted by atomic mass is 16.5. The van der Waals surface area contributed by atoms with Crippen LogP contribution in [0.25, 0.3) is 0 Å². The average Bonchev–Trinajstić information content (AvgIpc) is 2.39. The SMILES string of the molecule is COCc1cccc(NCc2cnccn2)c1. The lowest BCUT2D eigenvalue weighted by Gasteiger charge is -2.07. The number of hydrogen-bond acceptors (Lipinski definition) is 4. The highest BCUT2D eigenvalue weighted by Gasteiger charge is 1.97. The van der Waals surface area contributed by atoms with E-state index in [2.05, 4.69) is 21.4 Å². The van der Waals surface area contributed by atoms with Crippen LogP contribution in [0.3, 0.4) is 0 Å². The predicted octanol–water partition coefficient (Wildman–Crippen LogP) is 2.24. The molecule has 0 aliphatic heterocycles. The Morgan fingerprint density at radius 2 is 2.24 bits per heavy atom. The zero-order chi connectivity index (χ0) is 11.9. The van der Waals surface area contributed by atoms with E-state index in [9.17, 15) is 0 Å². The quantitative estimate of drug-likeness (QED) is 0.854. The van der Waals surface area contributed by atoms with E-state index in [0.717, 1.165) is 16.9 Å². The largest absolute Gasteiger partial charge is 0.380 e. The molecule has 0 saturated carbocycles. The molecule has 0 spiro atoms. The molecule has 0 bridgehead atoms. The summed E-state index contributed by atoms with van der Waals surface area (Å²) in [5, 5.41) is 3.30. The molecule has 0 saturated heterocycles. The maximum atomic E-state index is 5.10. The Morgan fingerprint density at radius 1 is 1.29 bits per heavy atom. The van der Waals surface area contributed by atoms with Crippen LogP contribution in [0.5, 0.6) is 0 Å². The average molecular weight is 229 g/mol. The van der Waals surface area contributed by atoms with Crippen molar-refractivity contribution < 1.29 is 4.74 Å². The van der Waals surface area contributed by atoms with Gasteiger partial charge in [-0.1, -0.05) is 12.1 Å². The van der Waals surface area contributed by atoms with Crippen LogP contribution in [0.4, 0.5) is 5.69 Å². The molecule has 2 aromatic rings. The summed E-state index contributed by atoms with van der Waals surface area (Å²) in [5.74, 6) is 0.